The molecular formula is C18H23N3O. The van der Waals surface area contributed by atoms with Crippen LogP contribution in [-0.2, 0) is 11.2 Å². The topological polar surface area (TPSA) is 56.1 Å². The van der Waals surface area contributed by atoms with E-state index >= 15 is 0 Å². The highest BCUT2D eigenvalue weighted by Crippen LogP contribution is 2.15. The van der Waals surface area contributed by atoms with Gasteiger partial charge in [0.15, 0.2) is 0 Å². The van der Waals surface area contributed by atoms with E-state index in [1.165, 1.54) is 5.56 Å². The lowest BCUT2D eigenvalue weighted by Crippen LogP contribution is -2.28. The highest BCUT2D eigenvalue weighted by Gasteiger charge is 2.16. The smallest absolute Gasteiger partial charge is 0.263 e. The second-order valence-corrected chi connectivity index (χ2v) is 5.69. The molecule has 0 radical (unpaired) electrons. The van der Waals surface area contributed by atoms with Crippen LogP contribution in [0.3, 0.4) is 0 Å². The second kappa shape index (κ2) is 7.65. The van der Waals surface area contributed by atoms with E-state index in [1.54, 1.807) is 6.20 Å². The van der Waals surface area contributed by atoms with Crippen molar-refractivity contribution < 1.29 is 4.79 Å². The zero-order valence-electron chi connectivity index (χ0n) is 13.3. The molecule has 0 aromatic heterocycles. The molecule has 0 spiro atoms. The van der Waals surface area contributed by atoms with Crippen molar-refractivity contribution in [2.24, 2.45) is 0 Å². The molecular weight excluding hydrogens is 274 g/mol. The van der Waals surface area contributed by atoms with Gasteiger partial charge in [-0.05, 0) is 37.3 Å². The van der Waals surface area contributed by atoms with E-state index in [1.807, 2.05) is 30.0 Å². The van der Waals surface area contributed by atoms with Gasteiger partial charge in [0.1, 0.15) is 11.6 Å². The largest absolute Gasteiger partial charge is 0.376 e. The molecule has 0 bridgehead atoms. The van der Waals surface area contributed by atoms with Crippen LogP contribution in [0.15, 0.2) is 36.0 Å². The minimum Gasteiger partial charge on any atom is -0.376 e. The SMILES string of the molecule is CCc1ccc(C(C)NC(=O)/C(C#N)=C\N2CCCC2)cc1. The lowest BCUT2D eigenvalue weighted by Gasteiger charge is -2.16. The van der Waals surface area contributed by atoms with Gasteiger partial charge < -0.3 is 10.2 Å². The van der Waals surface area contributed by atoms with Gasteiger partial charge in [-0.3, -0.25) is 4.79 Å². The van der Waals surface area contributed by atoms with E-state index in [0.29, 0.717) is 0 Å². The van der Waals surface area contributed by atoms with Gasteiger partial charge in [-0.15, -0.1) is 0 Å². The van der Waals surface area contributed by atoms with Crippen LogP contribution in [0.1, 0.15) is 43.9 Å². The number of nitriles is 1. The number of hydrogen-bond acceptors (Lipinski definition) is 3. The Hall–Kier alpha value is -2.28. The summed E-state index contributed by atoms with van der Waals surface area (Å²) in [5.41, 5.74) is 2.50. The van der Waals surface area contributed by atoms with Crippen molar-refractivity contribution in [3.05, 3.63) is 47.2 Å². The molecule has 116 valence electrons. The minimum atomic E-state index is -0.304. The van der Waals surface area contributed by atoms with Gasteiger partial charge in [0.05, 0.1) is 6.04 Å². The molecule has 4 nitrogen and oxygen atoms in total. The number of carbonyl (C=O) groups excluding carboxylic acids is 1. The van der Waals surface area contributed by atoms with Crippen molar-refractivity contribution in [1.29, 1.82) is 5.26 Å². The molecule has 2 rings (SSSR count). The Labute approximate surface area is 132 Å². The number of amides is 1. The number of hydrogen-bond donors (Lipinski definition) is 1. The molecule has 1 unspecified atom stereocenters. The van der Waals surface area contributed by atoms with E-state index < -0.39 is 0 Å². The van der Waals surface area contributed by atoms with Gasteiger partial charge in [-0.1, -0.05) is 31.2 Å². The van der Waals surface area contributed by atoms with Crippen LogP contribution in [0.4, 0.5) is 0 Å². The lowest BCUT2D eigenvalue weighted by atomic mass is 10.0. The molecule has 1 aliphatic rings. The fourth-order valence-corrected chi connectivity index (χ4v) is 2.59. The third-order valence-electron chi connectivity index (χ3n) is 4.05. The Kier molecular flexibility index (Phi) is 5.60. The molecule has 1 amide bonds. The Morgan fingerprint density at radius 1 is 1.36 bits per heavy atom. The van der Waals surface area contributed by atoms with Gasteiger partial charge in [0, 0.05) is 19.3 Å². The molecule has 22 heavy (non-hydrogen) atoms. The first-order chi connectivity index (χ1) is 10.6. The third-order valence-corrected chi connectivity index (χ3v) is 4.05. The predicted molar refractivity (Wildman–Crippen MR) is 86.9 cm³/mol. The minimum absolute atomic E-state index is 0.117. The van der Waals surface area contributed by atoms with Crippen molar-refractivity contribution in [2.75, 3.05) is 13.1 Å². The van der Waals surface area contributed by atoms with Crippen LogP contribution in [-0.4, -0.2) is 23.9 Å². The summed E-state index contributed by atoms with van der Waals surface area (Å²) in [5.74, 6) is -0.304. The number of carbonyl (C=O) groups is 1. The summed E-state index contributed by atoms with van der Waals surface area (Å²) in [5, 5.41) is 12.1. The summed E-state index contributed by atoms with van der Waals surface area (Å²) in [7, 11) is 0. The second-order valence-electron chi connectivity index (χ2n) is 5.69. The van der Waals surface area contributed by atoms with Gasteiger partial charge in [0.2, 0.25) is 0 Å². The third kappa shape index (κ3) is 4.11. The van der Waals surface area contributed by atoms with Crippen molar-refractivity contribution >= 4 is 5.91 Å². The van der Waals surface area contributed by atoms with E-state index in [2.05, 4.69) is 24.4 Å². The number of benzene rings is 1. The first kappa shape index (κ1) is 16.1. The fourth-order valence-electron chi connectivity index (χ4n) is 2.59. The zero-order chi connectivity index (χ0) is 15.9. The average Bonchev–Trinajstić information content (AvgIpc) is 3.05. The summed E-state index contributed by atoms with van der Waals surface area (Å²) >= 11 is 0. The van der Waals surface area contributed by atoms with Crippen molar-refractivity contribution in [1.82, 2.24) is 10.2 Å². The maximum absolute atomic E-state index is 12.2. The fraction of sp³-hybridized carbons (Fsp3) is 0.444. The van der Waals surface area contributed by atoms with Gasteiger partial charge in [0.25, 0.3) is 5.91 Å². The highest BCUT2D eigenvalue weighted by molar-refractivity contribution is 5.97. The summed E-state index contributed by atoms with van der Waals surface area (Å²) in [6.45, 7) is 5.89. The van der Waals surface area contributed by atoms with Crippen LogP contribution >= 0.6 is 0 Å². The van der Waals surface area contributed by atoms with Crippen LogP contribution in [0.5, 0.6) is 0 Å². The first-order valence-electron chi connectivity index (χ1n) is 7.89. The molecule has 1 heterocycles. The molecule has 4 heteroatoms. The molecule has 1 fully saturated rings. The van der Waals surface area contributed by atoms with E-state index in [0.717, 1.165) is 37.9 Å². The lowest BCUT2D eigenvalue weighted by molar-refractivity contribution is -0.117. The summed E-state index contributed by atoms with van der Waals surface area (Å²) < 4.78 is 0. The quantitative estimate of drug-likeness (QED) is 0.671. The summed E-state index contributed by atoms with van der Waals surface area (Å²) in [6, 6.07) is 10.1. The molecule has 1 saturated heterocycles. The van der Waals surface area contributed by atoms with E-state index in [4.69, 9.17) is 0 Å². The molecule has 1 atom stereocenters. The molecule has 1 aliphatic heterocycles. The average molecular weight is 297 g/mol. The Bertz CT molecular complexity index is 577. The van der Waals surface area contributed by atoms with Crippen LogP contribution in [0.25, 0.3) is 0 Å². The number of nitrogens with one attached hydrogen (secondary N) is 1. The predicted octanol–water partition coefficient (Wildman–Crippen LogP) is 2.93. The van der Waals surface area contributed by atoms with Crippen LogP contribution in [0, 0.1) is 11.3 Å². The number of rotatable bonds is 5. The van der Waals surface area contributed by atoms with Crippen LogP contribution in [0.2, 0.25) is 0 Å². The molecule has 0 aliphatic carbocycles. The Morgan fingerprint density at radius 2 is 2.00 bits per heavy atom. The number of likely N-dealkylation sites (tertiary alicyclic amines) is 1. The Balaban J connectivity index is 2.00. The van der Waals surface area contributed by atoms with Crippen LogP contribution < -0.4 is 5.32 Å². The van der Waals surface area contributed by atoms with Crippen molar-refractivity contribution in [2.45, 2.75) is 39.2 Å². The number of aryl methyl sites for hydroxylation is 1. The molecule has 1 aromatic rings. The number of nitrogens with zero attached hydrogens (tertiary/aromatic N) is 2. The highest BCUT2D eigenvalue weighted by atomic mass is 16.1. The molecule has 1 N–H and O–H groups in total. The van der Waals surface area contributed by atoms with Gasteiger partial charge in [-0.2, -0.15) is 5.26 Å². The first-order valence-corrected chi connectivity index (χ1v) is 7.89. The maximum Gasteiger partial charge on any atom is 0.263 e. The monoisotopic (exact) mass is 297 g/mol. The van der Waals surface area contributed by atoms with E-state index in [9.17, 15) is 10.1 Å². The van der Waals surface area contributed by atoms with Crippen molar-refractivity contribution in [3.63, 3.8) is 0 Å². The zero-order valence-corrected chi connectivity index (χ0v) is 13.3. The normalized spacial score (nSPS) is 16.2. The van der Waals surface area contributed by atoms with Gasteiger partial charge >= 0.3 is 0 Å². The summed E-state index contributed by atoms with van der Waals surface area (Å²) in [4.78, 5) is 14.3. The maximum atomic E-state index is 12.2. The molecule has 0 saturated carbocycles. The standard InChI is InChI=1S/C18H23N3O/c1-3-15-6-8-16(9-7-15)14(2)20-18(22)17(12-19)13-21-10-4-5-11-21/h6-9,13-14H,3-5,10-11H2,1-2H3,(H,20,22)/b17-13-. The van der Waals surface area contributed by atoms with Crippen molar-refractivity contribution in [3.8, 4) is 6.07 Å². The van der Waals surface area contributed by atoms with Gasteiger partial charge in [-0.25, -0.2) is 0 Å². The van der Waals surface area contributed by atoms with E-state index in [-0.39, 0.29) is 17.5 Å². The summed E-state index contributed by atoms with van der Waals surface area (Å²) in [6.07, 6.45) is 4.93. The molecule has 1 aromatic carbocycles. The Morgan fingerprint density at radius 3 is 2.55 bits per heavy atom.